The Morgan fingerprint density at radius 3 is 2.20 bits per heavy atom. The van der Waals surface area contributed by atoms with Crippen LogP contribution in [0, 0.1) is 0 Å². The van der Waals surface area contributed by atoms with Crippen molar-refractivity contribution in [2.75, 3.05) is 25.3 Å². The molecule has 1 aromatic heterocycles. The van der Waals surface area contributed by atoms with E-state index in [4.69, 9.17) is 25.8 Å². The van der Waals surface area contributed by atoms with Gasteiger partial charge in [-0.05, 0) is 49.4 Å². The molecular weight excluding hydrogens is 496 g/mol. The molecule has 3 aromatic rings. The molecule has 0 aliphatic rings. The molecule has 0 bridgehead atoms. The number of ether oxygens (including phenoxy) is 3. The van der Waals surface area contributed by atoms with E-state index in [2.05, 4.69) is 15.5 Å². The first-order chi connectivity index (χ1) is 16.8. The molecule has 0 aliphatic heterocycles. The van der Waals surface area contributed by atoms with E-state index in [9.17, 15) is 14.4 Å². The van der Waals surface area contributed by atoms with Gasteiger partial charge in [-0.25, -0.2) is 9.59 Å². The number of nitrogens with zero attached hydrogens (tertiary/aromatic N) is 3. The molecule has 3 rings (SSSR count). The normalized spacial score (nSPS) is 10.5. The Hall–Kier alpha value is -3.57. The number of thioether (sulfide) groups is 1. The molecule has 35 heavy (non-hydrogen) atoms. The molecule has 0 saturated heterocycles. The van der Waals surface area contributed by atoms with Crippen molar-refractivity contribution in [3.8, 4) is 5.75 Å². The predicted octanol–water partition coefficient (Wildman–Crippen LogP) is 3.83. The monoisotopic (exact) mass is 518 g/mol. The van der Waals surface area contributed by atoms with Gasteiger partial charge in [0.2, 0.25) is 5.91 Å². The number of nitrogens with one attached hydrogen (secondary N) is 1. The Morgan fingerprint density at radius 2 is 1.63 bits per heavy atom. The number of anilines is 1. The average molecular weight is 519 g/mol. The molecule has 0 atom stereocenters. The zero-order chi connectivity index (χ0) is 25.4. The second kappa shape index (κ2) is 12.2. The first-order valence-corrected chi connectivity index (χ1v) is 11.8. The summed E-state index contributed by atoms with van der Waals surface area (Å²) in [5.74, 6) is -0.382. The van der Waals surface area contributed by atoms with Gasteiger partial charge in [0, 0.05) is 17.3 Å². The molecule has 0 saturated carbocycles. The zero-order valence-electron chi connectivity index (χ0n) is 19.2. The Bertz CT molecular complexity index is 1180. The summed E-state index contributed by atoms with van der Waals surface area (Å²) < 4.78 is 17.0. The second-order valence-corrected chi connectivity index (χ2v) is 8.38. The first kappa shape index (κ1) is 26.0. The number of rotatable bonds is 10. The maximum atomic E-state index is 12.6. The molecule has 1 heterocycles. The fraction of sp³-hybridized carbons (Fsp3) is 0.261. The van der Waals surface area contributed by atoms with Crippen LogP contribution in [-0.2, 0) is 27.4 Å². The van der Waals surface area contributed by atoms with E-state index in [1.807, 2.05) is 11.5 Å². The molecular formula is C23H23ClN4O6S. The summed E-state index contributed by atoms with van der Waals surface area (Å²) in [7, 11) is 2.45. The van der Waals surface area contributed by atoms with Crippen LogP contribution in [0.4, 0.5) is 5.69 Å². The summed E-state index contributed by atoms with van der Waals surface area (Å²) in [6.07, 6.45) is 0. The lowest BCUT2D eigenvalue weighted by Crippen LogP contribution is -2.16. The molecule has 0 radical (unpaired) electrons. The van der Waals surface area contributed by atoms with Crippen LogP contribution in [0.3, 0.4) is 0 Å². The summed E-state index contributed by atoms with van der Waals surface area (Å²) >= 11 is 7.08. The van der Waals surface area contributed by atoms with Crippen LogP contribution in [0.15, 0.2) is 47.6 Å². The maximum absolute atomic E-state index is 12.6. The third-order valence-electron chi connectivity index (χ3n) is 4.68. The van der Waals surface area contributed by atoms with E-state index in [0.717, 1.165) is 0 Å². The van der Waals surface area contributed by atoms with Gasteiger partial charge >= 0.3 is 11.9 Å². The van der Waals surface area contributed by atoms with E-state index in [1.54, 1.807) is 24.3 Å². The smallest absolute Gasteiger partial charge is 0.337 e. The predicted molar refractivity (Wildman–Crippen MR) is 130 cm³/mol. The minimum atomic E-state index is -0.648. The van der Waals surface area contributed by atoms with Crippen LogP contribution in [0.25, 0.3) is 0 Å². The number of amides is 1. The fourth-order valence-corrected chi connectivity index (χ4v) is 3.97. The zero-order valence-corrected chi connectivity index (χ0v) is 20.8. The Balaban J connectivity index is 1.65. The molecule has 12 heteroatoms. The summed E-state index contributed by atoms with van der Waals surface area (Å²) in [4.78, 5) is 36.4. The maximum Gasteiger partial charge on any atom is 0.337 e. The van der Waals surface area contributed by atoms with Crippen molar-refractivity contribution in [1.29, 1.82) is 0 Å². The molecule has 0 aliphatic carbocycles. The Kier molecular flexibility index (Phi) is 9.10. The van der Waals surface area contributed by atoms with Crippen LogP contribution in [0.2, 0.25) is 5.02 Å². The topological polar surface area (TPSA) is 122 Å². The molecule has 1 amide bonds. The minimum absolute atomic E-state index is 0.0200. The highest BCUT2D eigenvalue weighted by Crippen LogP contribution is 2.21. The number of aromatic nitrogens is 3. The van der Waals surface area contributed by atoms with Crippen LogP contribution >= 0.6 is 23.4 Å². The first-order valence-electron chi connectivity index (χ1n) is 10.4. The quantitative estimate of drug-likeness (QED) is 0.315. The summed E-state index contributed by atoms with van der Waals surface area (Å²) in [6.45, 7) is 2.72. The lowest BCUT2D eigenvalue weighted by Gasteiger charge is -2.10. The van der Waals surface area contributed by atoms with Crippen molar-refractivity contribution in [3.05, 3.63) is 64.4 Å². The lowest BCUT2D eigenvalue weighted by atomic mass is 10.1. The molecule has 184 valence electrons. The van der Waals surface area contributed by atoms with Crippen molar-refractivity contribution < 1.29 is 28.6 Å². The highest BCUT2D eigenvalue weighted by atomic mass is 35.5. The van der Waals surface area contributed by atoms with Gasteiger partial charge in [-0.3, -0.25) is 4.79 Å². The van der Waals surface area contributed by atoms with E-state index in [-0.39, 0.29) is 35.1 Å². The fourth-order valence-electron chi connectivity index (χ4n) is 3.03. The Labute approximate surface area is 210 Å². The van der Waals surface area contributed by atoms with Gasteiger partial charge in [0.15, 0.2) is 11.0 Å². The van der Waals surface area contributed by atoms with Crippen molar-refractivity contribution >= 4 is 46.9 Å². The number of hydrogen-bond acceptors (Lipinski definition) is 9. The lowest BCUT2D eigenvalue weighted by molar-refractivity contribution is -0.113. The summed E-state index contributed by atoms with van der Waals surface area (Å²) in [6, 6.07) is 11.2. The van der Waals surface area contributed by atoms with Crippen LogP contribution in [0.5, 0.6) is 5.75 Å². The number of esters is 2. The van der Waals surface area contributed by atoms with Crippen molar-refractivity contribution in [2.45, 2.75) is 25.2 Å². The molecule has 1 N–H and O–H groups in total. The Morgan fingerprint density at radius 1 is 1.00 bits per heavy atom. The second-order valence-electron chi connectivity index (χ2n) is 7.00. The van der Waals surface area contributed by atoms with Crippen LogP contribution in [-0.4, -0.2) is 52.6 Å². The number of benzene rings is 2. The van der Waals surface area contributed by atoms with Crippen LogP contribution < -0.4 is 10.1 Å². The number of carbonyl (C=O) groups is 3. The SMILES string of the molecule is CCn1c(COc2ccc(Cl)cc2)nnc1SCC(=O)Nc1cc(C(=O)OC)cc(C(=O)OC)c1. The van der Waals surface area contributed by atoms with Gasteiger partial charge in [0.1, 0.15) is 12.4 Å². The third-order valence-corrected chi connectivity index (χ3v) is 5.90. The highest BCUT2D eigenvalue weighted by molar-refractivity contribution is 7.99. The molecule has 0 unspecified atom stereocenters. The number of hydrogen-bond donors (Lipinski definition) is 1. The van der Waals surface area contributed by atoms with E-state index in [1.165, 1.54) is 44.2 Å². The van der Waals surface area contributed by atoms with Crippen LogP contribution in [0.1, 0.15) is 33.5 Å². The van der Waals surface area contributed by atoms with Crippen molar-refractivity contribution in [2.24, 2.45) is 0 Å². The highest BCUT2D eigenvalue weighted by Gasteiger charge is 2.17. The van der Waals surface area contributed by atoms with Gasteiger partial charge in [-0.1, -0.05) is 23.4 Å². The standard InChI is InChI=1S/C23H23ClN4O6S/c1-4-28-19(12-34-18-7-5-16(24)6-8-18)26-27-23(28)35-13-20(29)25-17-10-14(21(30)32-2)9-15(11-17)22(31)33-3/h5-11H,4,12-13H2,1-3H3,(H,25,29). The molecule has 0 spiro atoms. The summed E-state index contributed by atoms with van der Waals surface area (Å²) in [5, 5.41) is 12.2. The van der Waals surface area contributed by atoms with E-state index >= 15 is 0 Å². The van der Waals surface area contributed by atoms with E-state index in [0.29, 0.717) is 28.3 Å². The molecule has 2 aromatic carbocycles. The van der Waals surface area contributed by atoms with Gasteiger partial charge < -0.3 is 24.1 Å². The minimum Gasteiger partial charge on any atom is -0.486 e. The van der Waals surface area contributed by atoms with Gasteiger partial charge in [-0.2, -0.15) is 0 Å². The van der Waals surface area contributed by atoms with Crippen molar-refractivity contribution in [3.63, 3.8) is 0 Å². The van der Waals surface area contributed by atoms with E-state index < -0.39 is 11.9 Å². The number of halogens is 1. The largest absolute Gasteiger partial charge is 0.486 e. The molecule has 0 fully saturated rings. The van der Waals surface area contributed by atoms with Crippen molar-refractivity contribution in [1.82, 2.24) is 14.8 Å². The number of carbonyl (C=O) groups excluding carboxylic acids is 3. The molecule has 10 nitrogen and oxygen atoms in total. The average Bonchev–Trinajstić information content (AvgIpc) is 3.27. The summed E-state index contributed by atoms with van der Waals surface area (Å²) in [5.41, 5.74) is 0.469. The van der Waals surface area contributed by atoms with Gasteiger partial charge in [-0.15, -0.1) is 10.2 Å². The third kappa shape index (κ3) is 6.96. The van der Waals surface area contributed by atoms with Gasteiger partial charge in [0.05, 0.1) is 31.1 Å². The number of methoxy groups -OCH3 is 2. The van der Waals surface area contributed by atoms with Gasteiger partial charge in [0.25, 0.3) is 0 Å².